The molecule has 0 aromatic carbocycles. The van der Waals surface area contributed by atoms with E-state index in [1.807, 2.05) is 0 Å². The molecule has 3 saturated carbocycles. The summed E-state index contributed by atoms with van der Waals surface area (Å²) in [5, 5.41) is 0. The number of ketones is 1. The number of fused-ring (bicyclic) bond motifs is 3. The average molecular weight is 203 g/mol. The summed E-state index contributed by atoms with van der Waals surface area (Å²) in [6.45, 7) is 0. The second kappa shape index (κ2) is 2.33. The molecule has 1 unspecified atom stereocenters. The zero-order chi connectivity index (χ0) is 7.14. The van der Waals surface area contributed by atoms with Crippen molar-refractivity contribution in [3.05, 3.63) is 0 Å². The Morgan fingerprint density at radius 1 is 1.20 bits per heavy atom. The SMILES string of the molecule is O=C1C2CCC(CC2)C1Br. The van der Waals surface area contributed by atoms with Gasteiger partial charge in [0, 0.05) is 5.92 Å². The van der Waals surface area contributed by atoms with Crippen molar-refractivity contribution in [2.24, 2.45) is 11.8 Å². The van der Waals surface area contributed by atoms with E-state index in [1.54, 1.807) is 0 Å². The zero-order valence-electron chi connectivity index (χ0n) is 5.85. The molecule has 0 spiro atoms. The van der Waals surface area contributed by atoms with E-state index >= 15 is 0 Å². The molecule has 3 aliphatic carbocycles. The second-order valence-electron chi connectivity index (χ2n) is 3.42. The lowest BCUT2D eigenvalue weighted by Gasteiger charge is -2.38. The van der Waals surface area contributed by atoms with Crippen molar-refractivity contribution in [1.82, 2.24) is 0 Å². The summed E-state index contributed by atoms with van der Waals surface area (Å²) in [7, 11) is 0. The normalized spacial score (nSPS) is 46.1. The van der Waals surface area contributed by atoms with Crippen LogP contribution in [0.5, 0.6) is 0 Å². The Morgan fingerprint density at radius 3 is 2.10 bits per heavy atom. The first-order chi connectivity index (χ1) is 4.79. The Hall–Kier alpha value is 0.150. The predicted octanol–water partition coefficient (Wildman–Crippen LogP) is 2.14. The molecular weight excluding hydrogens is 192 g/mol. The van der Waals surface area contributed by atoms with E-state index in [0.717, 1.165) is 12.8 Å². The van der Waals surface area contributed by atoms with Crippen molar-refractivity contribution in [2.75, 3.05) is 0 Å². The van der Waals surface area contributed by atoms with Gasteiger partial charge < -0.3 is 0 Å². The summed E-state index contributed by atoms with van der Waals surface area (Å²) in [4.78, 5) is 11.5. The van der Waals surface area contributed by atoms with Gasteiger partial charge in [-0.15, -0.1) is 0 Å². The van der Waals surface area contributed by atoms with Gasteiger partial charge in [0.2, 0.25) is 0 Å². The molecule has 3 aliphatic rings. The smallest absolute Gasteiger partial charge is 0.149 e. The maximum Gasteiger partial charge on any atom is 0.149 e. The summed E-state index contributed by atoms with van der Waals surface area (Å²) < 4.78 is 0. The molecule has 0 amide bonds. The van der Waals surface area contributed by atoms with Crippen LogP contribution in [0.25, 0.3) is 0 Å². The number of alkyl halides is 1. The summed E-state index contributed by atoms with van der Waals surface area (Å²) in [6, 6.07) is 0. The third-order valence-corrected chi connectivity index (χ3v) is 4.06. The minimum Gasteiger partial charge on any atom is -0.298 e. The van der Waals surface area contributed by atoms with E-state index < -0.39 is 0 Å². The molecule has 3 rings (SSSR count). The second-order valence-corrected chi connectivity index (χ2v) is 4.40. The molecule has 10 heavy (non-hydrogen) atoms. The van der Waals surface area contributed by atoms with Crippen LogP contribution in [0.2, 0.25) is 0 Å². The van der Waals surface area contributed by atoms with Crippen LogP contribution in [0.4, 0.5) is 0 Å². The number of Topliss-reactive ketones (excluding diaryl/α,β-unsaturated/α-hetero) is 1. The quantitative estimate of drug-likeness (QED) is 0.551. The minimum atomic E-state index is 0.208. The van der Waals surface area contributed by atoms with Gasteiger partial charge in [0.25, 0.3) is 0 Å². The zero-order valence-corrected chi connectivity index (χ0v) is 7.43. The van der Waals surface area contributed by atoms with Crippen LogP contribution in [-0.4, -0.2) is 10.6 Å². The lowest BCUT2D eigenvalue weighted by molar-refractivity contribution is -0.127. The van der Waals surface area contributed by atoms with Gasteiger partial charge in [-0.1, -0.05) is 15.9 Å². The van der Waals surface area contributed by atoms with Crippen LogP contribution < -0.4 is 0 Å². The Kier molecular flexibility index (Phi) is 1.59. The van der Waals surface area contributed by atoms with Crippen molar-refractivity contribution in [3.8, 4) is 0 Å². The molecule has 0 aliphatic heterocycles. The van der Waals surface area contributed by atoms with E-state index in [4.69, 9.17) is 0 Å². The fourth-order valence-corrected chi connectivity index (χ4v) is 3.06. The fourth-order valence-electron chi connectivity index (χ4n) is 2.15. The topological polar surface area (TPSA) is 17.1 Å². The highest BCUT2D eigenvalue weighted by Gasteiger charge is 2.40. The van der Waals surface area contributed by atoms with Crippen LogP contribution in [0, 0.1) is 11.8 Å². The summed E-state index contributed by atoms with van der Waals surface area (Å²) >= 11 is 3.46. The van der Waals surface area contributed by atoms with Crippen LogP contribution in [-0.2, 0) is 4.79 Å². The number of halogens is 1. The van der Waals surface area contributed by atoms with Crippen molar-refractivity contribution >= 4 is 21.7 Å². The maximum absolute atomic E-state index is 11.3. The molecule has 2 heteroatoms. The molecular formula is C8H11BrO. The fraction of sp³-hybridized carbons (Fsp3) is 0.875. The molecule has 0 heterocycles. The molecule has 0 radical (unpaired) electrons. The third-order valence-electron chi connectivity index (χ3n) is 2.86. The highest BCUT2D eigenvalue weighted by Crippen LogP contribution is 2.41. The standard InChI is InChI=1S/C8H11BrO/c9-7-5-1-3-6(4-2-5)8(7)10/h5-7H,1-4H2. The largest absolute Gasteiger partial charge is 0.298 e. The third kappa shape index (κ3) is 0.849. The summed E-state index contributed by atoms with van der Waals surface area (Å²) in [6.07, 6.45) is 4.86. The molecule has 2 bridgehead atoms. The number of rotatable bonds is 0. The van der Waals surface area contributed by atoms with Crippen molar-refractivity contribution in [2.45, 2.75) is 30.5 Å². The Bertz CT molecular complexity index is 155. The Balaban J connectivity index is 2.20. The van der Waals surface area contributed by atoms with Crippen molar-refractivity contribution in [1.29, 1.82) is 0 Å². The van der Waals surface area contributed by atoms with Gasteiger partial charge in [0.1, 0.15) is 5.78 Å². The first-order valence-electron chi connectivity index (χ1n) is 3.97. The number of hydrogen-bond donors (Lipinski definition) is 0. The lowest BCUT2D eigenvalue weighted by Crippen LogP contribution is -2.40. The van der Waals surface area contributed by atoms with E-state index in [-0.39, 0.29) is 4.83 Å². The molecule has 0 saturated heterocycles. The van der Waals surface area contributed by atoms with Gasteiger partial charge in [0.05, 0.1) is 4.83 Å². The van der Waals surface area contributed by atoms with E-state index in [0.29, 0.717) is 17.6 Å². The number of carbonyl (C=O) groups is 1. The minimum absolute atomic E-state index is 0.208. The van der Waals surface area contributed by atoms with Gasteiger partial charge in [-0.05, 0) is 31.6 Å². The van der Waals surface area contributed by atoms with Crippen LogP contribution in [0.15, 0.2) is 0 Å². The lowest BCUT2D eigenvalue weighted by atomic mass is 9.70. The van der Waals surface area contributed by atoms with Gasteiger partial charge in [0.15, 0.2) is 0 Å². The van der Waals surface area contributed by atoms with Gasteiger partial charge in [-0.2, -0.15) is 0 Å². The molecule has 1 nitrogen and oxygen atoms in total. The Labute approximate surface area is 69.3 Å². The molecule has 1 atom stereocenters. The van der Waals surface area contributed by atoms with E-state index in [2.05, 4.69) is 15.9 Å². The predicted molar refractivity (Wildman–Crippen MR) is 43.2 cm³/mol. The van der Waals surface area contributed by atoms with Gasteiger partial charge in [-0.25, -0.2) is 0 Å². The maximum atomic E-state index is 11.3. The van der Waals surface area contributed by atoms with Crippen LogP contribution in [0.3, 0.4) is 0 Å². The van der Waals surface area contributed by atoms with Gasteiger partial charge in [-0.3, -0.25) is 4.79 Å². The molecule has 3 fully saturated rings. The number of carbonyl (C=O) groups excluding carboxylic acids is 1. The van der Waals surface area contributed by atoms with Crippen LogP contribution in [0.1, 0.15) is 25.7 Å². The highest BCUT2D eigenvalue weighted by molar-refractivity contribution is 9.10. The van der Waals surface area contributed by atoms with E-state index in [9.17, 15) is 4.79 Å². The molecule has 0 aromatic rings. The van der Waals surface area contributed by atoms with Crippen LogP contribution >= 0.6 is 15.9 Å². The number of hydrogen-bond acceptors (Lipinski definition) is 1. The monoisotopic (exact) mass is 202 g/mol. The van der Waals surface area contributed by atoms with Crippen molar-refractivity contribution < 1.29 is 4.79 Å². The molecule has 0 aromatic heterocycles. The van der Waals surface area contributed by atoms with Crippen molar-refractivity contribution in [3.63, 3.8) is 0 Å². The summed E-state index contributed by atoms with van der Waals surface area (Å²) in [5.41, 5.74) is 0. The summed E-state index contributed by atoms with van der Waals surface area (Å²) in [5.74, 6) is 1.55. The molecule has 56 valence electrons. The highest BCUT2D eigenvalue weighted by atomic mass is 79.9. The van der Waals surface area contributed by atoms with Gasteiger partial charge >= 0.3 is 0 Å². The first-order valence-corrected chi connectivity index (χ1v) is 4.88. The average Bonchev–Trinajstić information content (AvgIpc) is 2.00. The molecule has 0 N–H and O–H groups in total. The first kappa shape index (κ1) is 6.84. The Morgan fingerprint density at radius 2 is 1.80 bits per heavy atom. The van der Waals surface area contributed by atoms with E-state index in [1.165, 1.54) is 12.8 Å².